The second kappa shape index (κ2) is 10.7. The van der Waals surface area contributed by atoms with Crippen molar-refractivity contribution in [3.8, 4) is 0 Å². The molecule has 0 aliphatic heterocycles. The maximum Gasteiger partial charge on any atom is 0.310 e. The molecule has 3 saturated carbocycles. The second-order valence-electron chi connectivity index (χ2n) is 10.5. The Bertz CT molecular complexity index is 534. The molecular formula is C23H45N5O2. The quantitative estimate of drug-likeness (QED) is 0.313. The summed E-state index contributed by atoms with van der Waals surface area (Å²) in [5.41, 5.74) is 23.6. The number of hydrogen-bond acceptors (Lipinski definition) is 7. The topological polar surface area (TPSA) is 142 Å². The zero-order valence-corrected chi connectivity index (χ0v) is 18.9. The van der Waals surface area contributed by atoms with E-state index in [1.54, 1.807) is 0 Å². The van der Waals surface area contributed by atoms with E-state index in [9.17, 15) is 4.79 Å². The first-order valence-electron chi connectivity index (χ1n) is 12.3. The highest BCUT2D eigenvalue weighted by atomic mass is 16.6. The average Bonchev–Trinajstić information content (AvgIpc) is 2.74. The Morgan fingerprint density at radius 2 is 1.40 bits per heavy atom. The van der Waals surface area contributed by atoms with Gasteiger partial charge in [0.15, 0.2) is 6.23 Å². The highest BCUT2D eigenvalue weighted by molar-refractivity contribution is 5.72. The molecule has 0 aromatic rings. The van der Waals surface area contributed by atoms with Crippen molar-refractivity contribution in [2.75, 3.05) is 0 Å². The van der Waals surface area contributed by atoms with E-state index in [0.717, 1.165) is 69.1 Å². The Balaban J connectivity index is 1.53. The van der Waals surface area contributed by atoms with Crippen LogP contribution in [-0.4, -0.2) is 24.1 Å². The maximum atomic E-state index is 13.0. The summed E-state index contributed by atoms with van der Waals surface area (Å²) in [4.78, 5) is 13.0. The van der Waals surface area contributed by atoms with Crippen molar-refractivity contribution >= 4 is 5.97 Å². The van der Waals surface area contributed by atoms with Crippen molar-refractivity contribution in [2.24, 2.45) is 52.5 Å². The van der Waals surface area contributed by atoms with Crippen LogP contribution in [-0.2, 0) is 9.53 Å². The second-order valence-corrected chi connectivity index (χ2v) is 10.5. The third-order valence-electron chi connectivity index (χ3n) is 8.10. The number of rotatable bonds is 7. The van der Waals surface area contributed by atoms with Crippen molar-refractivity contribution in [1.82, 2.24) is 5.32 Å². The van der Waals surface area contributed by atoms with Crippen LogP contribution in [0, 0.1) is 29.6 Å². The van der Waals surface area contributed by atoms with Crippen LogP contribution < -0.4 is 28.3 Å². The van der Waals surface area contributed by atoms with Crippen LogP contribution >= 0.6 is 0 Å². The number of esters is 1. The molecule has 174 valence electrons. The van der Waals surface area contributed by atoms with Gasteiger partial charge in [-0.05, 0) is 69.1 Å². The average molecular weight is 424 g/mol. The molecule has 30 heavy (non-hydrogen) atoms. The SMILES string of the molecule is CC1CCC(C2CCC(C(=O)O[C@@H](NC(N)(N)C(N)N)C3CCCCC3)CC2)CC1. The zero-order valence-electron chi connectivity index (χ0n) is 18.9. The molecule has 9 N–H and O–H groups in total. The van der Waals surface area contributed by atoms with E-state index in [-0.39, 0.29) is 17.8 Å². The first-order valence-corrected chi connectivity index (χ1v) is 12.3. The lowest BCUT2D eigenvalue weighted by Gasteiger charge is -2.39. The van der Waals surface area contributed by atoms with Crippen LogP contribution in [0.25, 0.3) is 0 Å². The molecule has 3 fully saturated rings. The van der Waals surface area contributed by atoms with Gasteiger partial charge < -0.3 is 16.2 Å². The van der Waals surface area contributed by atoms with E-state index in [1.807, 2.05) is 0 Å². The smallest absolute Gasteiger partial charge is 0.310 e. The Hall–Kier alpha value is -0.730. The maximum absolute atomic E-state index is 13.0. The van der Waals surface area contributed by atoms with Crippen molar-refractivity contribution in [3.05, 3.63) is 0 Å². The summed E-state index contributed by atoms with van der Waals surface area (Å²) in [6.45, 7) is 2.37. The minimum atomic E-state index is -1.47. The summed E-state index contributed by atoms with van der Waals surface area (Å²) < 4.78 is 5.99. The molecule has 0 radical (unpaired) electrons. The molecule has 0 spiro atoms. The van der Waals surface area contributed by atoms with Gasteiger partial charge in [-0.15, -0.1) is 0 Å². The summed E-state index contributed by atoms with van der Waals surface area (Å²) in [5, 5.41) is 3.06. The van der Waals surface area contributed by atoms with Gasteiger partial charge in [0, 0.05) is 5.92 Å². The number of nitrogens with one attached hydrogen (secondary N) is 1. The van der Waals surface area contributed by atoms with Gasteiger partial charge in [0.2, 0.25) is 0 Å². The lowest BCUT2D eigenvalue weighted by atomic mass is 9.69. The Morgan fingerprint density at radius 1 is 0.867 bits per heavy atom. The highest BCUT2D eigenvalue weighted by Crippen LogP contribution is 2.41. The molecule has 0 heterocycles. The molecular weight excluding hydrogens is 378 g/mol. The van der Waals surface area contributed by atoms with Crippen LogP contribution in [0.5, 0.6) is 0 Å². The fraction of sp³-hybridized carbons (Fsp3) is 0.957. The van der Waals surface area contributed by atoms with E-state index in [1.165, 1.54) is 32.1 Å². The highest BCUT2D eigenvalue weighted by Gasteiger charge is 2.38. The van der Waals surface area contributed by atoms with Gasteiger partial charge in [0.1, 0.15) is 5.79 Å². The van der Waals surface area contributed by atoms with Gasteiger partial charge in [0.25, 0.3) is 0 Å². The van der Waals surface area contributed by atoms with Gasteiger partial charge in [0.05, 0.1) is 12.1 Å². The summed E-state index contributed by atoms with van der Waals surface area (Å²) in [7, 11) is 0. The molecule has 0 unspecified atom stereocenters. The van der Waals surface area contributed by atoms with Gasteiger partial charge >= 0.3 is 5.97 Å². The molecule has 0 amide bonds. The van der Waals surface area contributed by atoms with Crippen LogP contribution in [0.4, 0.5) is 0 Å². The van der Waals surface area contributed by atoms with Crippen LogP contribution in [0.15, 0.2) is 0 Å². The molecule has 0 aromatic carbocycles. The summed E-state index contributed by atoms with van der Waals surface area (Å²) in [5.74, 6) is 1.12. The molecule has 3 rings (SSSR count). The first kappa shape index (κ1) is 23.9. The third kappa shape index (κ3) is 6.39. The Kier molecular flexibility index (Phi) is 8.55. The fourth-order valence-electron chi connectivity index (χ4n) is 5.83. The first-order chi connectivity index (χ1) is 14.3. The van der Waals surface area contributed by atoms with E-state index in [4.69, 9.17) is 27.7 Å². The standard InChI is InChI=1S/C23H45N5O2/c1-15-7-9-16(10-8-15)17-11-13-19(14-12-17)21(29)30-20(18-5-3-2-4-6-18)28-23(26,27)22(24)25/h15-20,22,28H,2-14,24-27H2,1H3/t15?,16?,17?,19?,20-/m1/s1. The lowest BCUT2D eigenvalue weighted by Crippen LogP contribution is -2.76. The van der Waals surface area contributed by atoms with E-state index in [2.05, 4.69) is 12.2 Å². The molecule has 0 bridgehead atoms. The van der Waals surface area contributed by atoms with Gasteiger partial charge in [-0.2, -0.15) is 0 Å². The number of carbonyl (C=O) groups is 1. The van der Waals surface area contributed by atoms with Crippen molar-refractivity contribution in [3.63, 3.8) is 0 Å². The number of carbonyl (C=O) groups excluding carboxylic acids is 1. The van der Waals surface area contributed by atoms with Crippen LogP contribution in [0.1, 0.15) is 90.4 Å². The van der Waals surface area contributed by atoms with Crippen molar-refractivity contribution < 1.29 is 9.53 Å². The monoisotopic (exact) mass is 423 g/mol. The van der Waals surface area contributed by atoms with E-state index >= 15 is 0 Å². The predicted molar refractivity (Wildman–Crippen MR) is 119 cm³/mol. The van der Waals surface area contributed by atoms with Gasteiger partial charge in [-0.3, -0.25) is 16.3 Å². The molecule has 3 aliphatic rings. The largest absolute Gasteiger partial charge is 0.446 e. The number of ether oxygens (including phenoxy) is 1. The van der Waals surface area contributed by atoms with Crippen molar-refractivity contribution in [2.45, 2.75) is 109 Å². The van der Waals surface area contributed by atoms with Crippen molar-refractivity contribution in [1.29, 1.82) is 0 Å². The lowest BCUT2D eigenvalue weighted by molar-refractivity contribution is -0.163. The van der Waals surface area contributed by atoms with E-state index in [0.29, 0.717) is 0 Å². The normalized spacial score (nSPS) is 32.7. The van der Waals surface area contributed by atoms with Crippen LogP contribution in [0.2, 0.25) is 0 Å². The molecule has 1 atom stereocenters. The number of nitrogens with two attached hydrogens (primary N) is 4. The fourth-order valence-corrected chi connectivity index (χ4v) is 5.83. The van der Waals surface area contributed by atoms with Crippen LogP contribution in [0.3, 0.4) is 0 Å². The zero-order chi connectivity index (χ0) is 21.7. The Labute approximate surface area is 182 Å². The molecule has 7 nitrogen and oxygen atoms in total. The third-order valence-corrected chi connectivity index (χ3v) is 8.10. The summed E-state index contributed by atoms with van der Waals surface area (Å²) in [6, 6.07) is 0. The number of hydrogen-bond donors (Lipinski definition) is 5. The summed E-state index contributed by atoms with van der Waals surface area (Å²) in [6.07, 6.45) is 13.6. The molecule has 0 saturated heterocycles. The van der Waals surface area contributed by atoms with Gasteiger partial charge in [-0.25, -0.2) is 5.32 Å². The minimum Gasteiger partial charge on any atom is -0.446 e. The Morgan fingerprint density at radius 3 is 1.93 bits per heavy atom. The summed E-state index contributed by atoms with van der Waals surface area (Å²) >= 11 is 0. The predicted octanol–water partition coefficient (Wildman–Crippen LogP) is 2.47. The van der Waals surface area contributed by atoms with E-state index < -0.39 is 18.2 Å². The molecule has 7 heteroatoms. The molecule has 3 aliphatic carbocycles. The molecule has 0 aromatic heterocycles. The van der Waals surface area contributed by atoms with Gasteiger partial charge in [-0.1, -0.05) is 39.0 Å². The minimum absolute atomic E-state index is 0.0202.